The van der Waals surface area contributed by atoms with Crippen LogP contribution in [0.25, 0.3) is 0 Å². The Balaban J connectivity index is 1.72. The maximum absolute atomic E-state index is 11.9. The van der Waals surface area contributed by atoms with Crippen LogP contribution in [0.1, 0.15) is 30.9 Å². The molecule has 1 aliphatic rings. The van der Waals surface area contributed by atoms with E-state index in [1.807, 2.05) is 66.7 Å². The molecule has 0 radical (unpaired) electrons. The van der Waals surface area contributed by atoms with Crippen molar-refractivity contribution in [3.8, 4) is 0 Å². The van der Waals surface area contributed by atoms with E-state index in [-0.39, 0.29) is 6.61 Å². The molecule has 0 unspecified atom stereocenters. The number of rotatable bonds is 13. The molecule has 5 atom stereocenters. The zero-order valence-corrected chi connectivity index (χ0v) is 19.7. The first-order valence-corrected chi connectivity index (χ1v) is 11.7. The van der Waals surface area contributed by atoms with Gasteiger partial charge in [-0.25, -0.2) is 0 Å². The molecule has 1 aliphatic heterocycles. The standard InChI is InChI=1S/C27H35NO6/c1-3-4-11-16-31-27-24(28)26(32-18-22-14-9-6-10-15-22)25(33-20(2)29)23(34-27)19-30-17-21-12-7-5-8-13-21/h3,5-10,12-15,23-27H,1,4,11,16-19,28H2,2H3/t23-,24-,25-,26-,27-/m1/s1. The number of unbranched alkanes of at least 4 members (excludes halogenated alkanes) is 1. The van der Waals surface area contributed by atoms with Gasteiger partial charge in [0.05, 0.1) is 32.5 Å². The van der Waals surface area contributed by atoms with E-state index in [1.54, 1.807) is 0 Å². The van der Waals surface area contributed by atoms with Crippen LogP contribution in [0.3, 0.4) is 0 Å². The van der Waals surface area contributed by atoms with Gasteiger partial charge in [0.1, 0.15) is 12.2 Å². The van der Waals surface area contributed by atoms with E-state index >= 15 is 0 Å². The van der Waals surface area contributed by atoms with Crippen LogP contribution < -0.4 is 5.73 Å². The van der Waals surface area contributed by atoms with Crippen LogP contribution in [0.4, 0.5) is 0 Å². The van der Waals surface area contributed by atoms with Gasteiger partial charge in [0.15, 0.2) is 12.4 Å². The van der Waals surface area contributed by atoms with Gasteiger partial charge in [-0.1, -0.05) is 66.7 Å². The Morgan fingerprint density at radius 1 is 1.00 bits per heavy atom. The van der Waals surface area contributed by atoms with Crippen LogP contribution in [-0.4, -0.2) is 49.8 Å². The topological polar surface area (TPSA) is 89.2 Å². The highest BCUT2D eigenvalue weighted by Gasteiger charge is 2.47. The summed E-state index contributed by atoms with van der Waals surface area (Å²) in [7, 11) is 0. The van der Waals surface area contributed by atoms with E-state index in [0.29, 0.717) is 19.8 Å². The number of esters is 1. The first kappa shape index (κ1) is 26.1. The lowest BCUT2D eigenvalue weighted by Gasteiger charge is -2.44. The van der Waals surface area contributed by atoms with Gasteiger partial charge in [0, 0.05) is 6.92 Å². The van der Waals surface area contributed by atoms with Crippen LogP contribution in [0.5, 0.6) is 0 Å². The van der Waals surface area contributed by atoms with Gasteiger partial charge in [0.2, 0.25) is 0 Å². The Morgan fingerprint density at radius 2 is 1.65 bits per heavy atom. The highest BCUT2D eigenvalue weighted by atomic mass is 16.7. The van der Waals surface area contributed by atoms with E-state index in [9.17, 15) is 4.79 Å². The number of allylic oxidation sites excluding steroid dienone is 1. The number of benzene rings is 2. The largest absolute Gasteiger partial charge is 0.457 e. The minimum Gasteiger partial charge on any atom is -0.457 e. The molecule has 0 bridgehead atoms. The highest BCUT2D eigenvalue weighted by Crippen LogP contribution is 2.27. The Morgan fingerprint density at radius 3 is 2.26 bits per heavy atom. The summed E-state index contributed by atoms with van der Waals surface area (Å²) in [5, 5.41) is 0. The third-order valence-corrected chi connectivity index (χ3v) is 5.51. The van der Waals surface area contributed by atoms with E-state index < -0.39 is 36.6 Å². The SMILES string of the molecule is C=CCCCO[C@@H]1O[C@H](COCc2ccccc2)[C@@H](OC(C)=O)[C@H](OCc2ccccc2)[C@H]1N. The van der Waals surface area contributed by atoms with E-state index in [2.05, 4.69) is 6.58 Å². The second-order valence-electron chi connectivity index (χ2n) is 8.26. The highest BCUT2D eigenvalue weighted by molar-refractivity contribution is 5.66. The minimum absolute atomic E-state index is 0.192. The second kappa shape index (κ2) is 14.0. The van der Waals surface area contributed by atoms with Crippen molar-refractivity contribution in [2.75, 3.05) is 13.2 Å². The van der Waals surface area contributed by atoms with Crippen molar-refractivity contribution in [3.05, 3.63) is 84.4 Å². The molecule has 184 valence electrons. The van der Waals surface area contributed by atoms with Crippen molar-refractivity contribution in [2.45, 2.75) is 63.6 Å². The van der Waals surface area contributed by atoms with E-state index in [4.69, 9.17) is 29.4 Å². The molecule has 0 spiro atoms. The summed E-state index contributed by atoms with van der Waals surface area (Å²) in [6.07, 6.45) is 0.783. The molecule has 0 aromatic heterocycles. The summed E-state index contributed by atoms with van der Waals surface area (Å²) in [4.78, 5) is 11.9. The van der Waals surface area contributed by atoms with Gasteiger partial charge in [-0.15, -0.1) is 6.58 Å². The van der Waals surface area contributed by atoms with Crippen molar-refractivity contribution in [1.29, 1.82) is 0 Å². The Kier molecular flexibility index (Phi) is 10.7. The van der Waals surface area contributed by atoms with Crippen LogP contribution >= 0.6 is 0 Å². The number of carbonyl (C=O) groups is 1. The average Bonchev–Trinajstić information content (AvgIpc) is 2.84. The van der Waals surface area contributed by atoms with Gasteiger partial charge in [-0.2, -0.15) is 0 Å². The summed E-state index contributed by atoms with van der Waals surface area (Å²) in [5.41, 5.74) is 8.55. The fourth-order valence-corrected chi connectivity index (χ4v) is 3.81. The fourth-order valence-electron chi connectivity index (χ4n) is 3.81. The lowest BCUT2D eigenvalue weighted by Crippen LogP contribution is -2.64. The molecule has 3 rings (SSSR count). The van der Waals surface area contributed by atoms with Gasteiger partial charge in [-0.3, -0.25) is 4.79 Å². The van der Waals surface area contributed by atoms with Gasteiger partial charge in [0.25, 0.3) is 0 Å². The predicted molar refractivity (Wildman–Crippen MR) is 129 cm³/mol. The molecule has 0 amide bonds. The molecule has 0 saturated carbocycles. The van der Waals surface area contributed by atoms with Crippen molar-refractivity contribution >= 4 is 5.97 Å². The number of nitrogens with two attached hydrogens (primary N) is 1. The monoisotopic (exact) mass is 469 g/mol. The molecule has 34 heavy (non-hydrogen) atoms. The molecule has 7 heteroatoms. The quantitative estimate of drug-likeness (QED) is 0.271. The van der Waals surface area contributed by atoms with Crippen LogP contribution in [0.2, 0.25) is 0 Å². The van der Waals surface area contributed by atoms with Gasteiger partial charge in [-0.05, 0) is 24.0 Å². The summed E-state index contributed by atoms with van der Waals surface area (Å²) < 4.78 is 29.9. The van der Waals surface area contributed by atoms with Crippen LogP contribution in [-0.2, 0) is 41.7 Å². The molecule has 2 N–H and O–H groups in total. The molecule has 2 aromatic rings. The summed E-state index contributed by atoms with van der Waals surface area (Å²) in [5.74, 6) is -0.437. The maximum atomic E-state index is 11.9. The number of hydrogen-bond donors (Lipinski definition) is 1. The van der Waals surface area contributed by atoms with Crippen molar-refractivity contribution in [2.24, 2.45) is 5.73 Å². The molecule has 2 aromatic carbocycles. The lowest BCUT2D eigenvalue weighted by molar-refractivity contribution is -0.280. The Hall–Kier alpha value is -2.55. The maximum Gasteiger partial charge on any atom is 0.303 e. The molecule has 1 saturated heterocycles. The molecule has 1 heterocycles. The normalized spacial score (nSPS) is 24.5. The Labute approximate surface area is 201 Å². The number of carbonyl (C=O) groups excluding carboxylic acids is 1. The summed E-state index contributed by atoms with van der Waals surface area (Å²) >= 11 is 0. The van der Waals surface area contributed by atoms with Crippen molar-refractivity contribution in [3.63, 3.8) is 0 Å². The van der Waals surface area contributed by atoms with Crippen LogP contribution in [0, 0.1) is 0 Å². The zero-order valence-electron chi connectivity index (χ0n) is 19.7. The summed E-state index contributed by atoms with van der Waals surface area (Å²) in [6.45, 7) is 6.47. The molecule has 0 aliphatic carbocycles. The molecule has 1 fully saturated rings. The second-order valence-corrected chi connectivity index (χ2v) is 8.26. The van der Waals surface area contributed by atoms with E-state index in [0.717, 1.165) is 24.0 Å². The molecular formula is C27H35NO6. The smallest absolute Gasteiger partial charge is 0.303 e. The number of ether oxygens (including phenoxy) is 5. The number of hydrogen-bond acceptors (Lipinski definition) is 7. The van der Waals surface area contributed by atoms with Crippen molar-refractivity contribution in [1.82, 2.24) is 0 Å². The molecular weight excluding hydrogens is 434 g/mol. The third kappa shape index (κ3) is 8.04. The predicted octanol–water partition coefficient (Wildman–Crippen LogP) is 3.76. The van der Waals surface area contributed by atoms with Gasteiger partial charge < -0.3 is 29.4 Å². The summed E-state index contributed by atoms with van der Waals surface area (Å²) in [6, 6.07) is 18.9. The fraction of sp³-hybridized carbons (Fsp3) is 0.444. The van der Waals surface area contributed by atoms with Crippen LogP contribution in [0.15, 0.2) is 73.3 Å². The lowest BCUT2D eigenvalue weighted by atomic mass is 9.97. The van der Waals surface area contributed by atoms with E-state index in [1.165, 1.54) is 6.92 Å². The first-order valence-electron chi connectivity index (χ1n) is 11.7. The zero-order chi connectivity index (χ0) is 24.2. The molecule has 7 nitrogen and oxygen atoms in total. The Bertz CT molecular complexity index is 862. The minimum atomic E-state index is -0.736. The third-order valence-electron chi connectivity index (χ3n) is 5.51. The van der Waals surface area contributed by atoms with Crippen molar-refractivity contribution < 1.29 is 28.5 Å². The van der Waals surface area contributed by atoms with Gasteiger partial charge >= 0.3 is 5.97 Å². The first-order chi connectivity index (χ1) is 16.6. The average molecular weight is 470 g/mol.